The number of nitrogens with two attached hydrogens (primary N) is 1. The summed E-state index contributed by atoms with van der Waals surface area (Å²) >= 11 is 12.1. The van der Waals surface area contributed by atoms with Gasteiger partial charge in [-0.1, -0.05) is 41.4 Å². The lowest BCUT2D eigenvalue weighted by Gasteiger charge is -2.18. The van der Waals surface area contributed by atoms with E-state index in [2.05, 4.69) is 5.32 Å². The molecule has 0 radical (unpaired) electrons. The summed E-state index contributed by atoms with van der Waals surface area (Å²) in [6, 6.07) is 12.0. The van der Waals surface area contributed by atoms with E-state index < -0.39 is 11.8 Å². The summed E-state index contributed by atoms with van der Waals surface area (Å²) in [7, 11) is 0. The molecule has 0 bridgehead atoms. The molecule has 6 nitrogen and oxygen atoms in total. The van der Waals surface area contributed by atoms with Gasteiger partial charge in [-0.25, -0.2) is 5.48 Å². The molecule has 0 heterocycles. The van der Waals surface area contributed by atoms with Gasteiger partial charge in [-0.3, -0.25) is 14.8 Å². The van der Waals surface area contributed by atoms with Crippen molar-refractivity contribution in [1.29, 1.82) is 0 Å². The monoisotopic (exact) mass is 395 g/mol. The van der Waals surface area contributed by atoms with E-state index in [1.54, 1.807) is 41.9 Å². The lowest BCUT2D eigenvalue weighted by Crippen LogP contribution is -2.27. The molecule has 0 aliphatic carbocycles. The Morgan fingerprint density at radius 2 is 1.81 bits per heavy atom. The maximum absolute atomic E-state index is 12.3. The number of hydrogen-bond acceptors (Lipinski definition) is 4. The van der Waals surface area contributed by atoms with Crippen LogP contribution in [0.4, 0.5) is 5.69 Å². The van der Waals surface area contributed by atoms with Gasteiger partial charge >= 0.3 is 0 Å². The third-order valence-corrected chi connectivity index (χ3v) is 4.39. The Balaban J connectivity index is 2.07. The van der Waals surface area contributed by atoms with Gasteiger partial charge in [0, 0.05) is 41.0 Å². The molecular weight excluding hydrogens is 377 g/mol. The van der Waals surface area contributed by atoms with E-state index in [1.165, 1.54) is 0 Å². The largest absolute Gasteiger partial charge is 0.399 e. The van der Waals surface area contributed by atoms with Crippen molar-refractivity contribution in [2.75, 3.05) is 5.73 Å². The Labute approximate surface area is 161 Å². The number of anilines is 1. The average Bonchev–Trinajstić information content (AvgIpc) is 2.59. The van der Waals surface area contributed by atoms with Crippen LogP contribution in [-0.2, 0) is 16.1 Å². The highest BCUT2D eigenvalue weighted by Gasteiger charge is 2.22. The van der Waals surface area contributed by atoms with Crippen LogP contribution in [0.1, 0.15) is 29.9 Å². The first-order valence-electron chi connectivity index (χ1n) is 7.88. The second-order valence-electron chi connectivity index (χ2n) is 5.83. The minimum absolute atomic E-state index is 0.0249. The highest BCUT2D eigenvalue weighted by molar-refractivity contribution is 6.35. The topological polar surface area (TPSA) is 104 Å². The van der Waals surface area contributed by atoms with Gasteiger partial charge in [-0.2, -0.15) is 0 Å². The molecule has 138 valence electrons. The summed E-state index contributed by atoms with van der Waals surface area (Å²) in [5.74, 6) is -1.37. The number of halogens is 2. The maximum Gasteiger partial charge on any atom is 0.243 e. The van der Waals surface area contributed by atoms with Crippen molar-refractivity contribution in [2.45, 2.75) is 25.3 Å². The number of carbonyl (C=O) groups excluding carboxylic acids is 2. The van der Waals surface area contributed by atoms with E-state index in [0.29, 0.717) is 27.8 Å². The zero-order valence-corrected chi connectivity index (χ0v) is 15.3. The highest BCUT2D eigenvalue weighted by Crippen LogP contribution is 2.32. The molecule has 5 N–H and O–H groups in total. The molecule has 0 saturated heterocycles. The molecule has 2 aromatic carbocycles. The van der Waals surface area contributed by atoms with Crippen molar-refractivity contribution >= 4 is 40.7 Å². The standard InChI is InChI=1S/C18H19Cl2N3O3/c19-13-4-5-15(16(20)9-13)12(8-18(25)23-26)7-17(24)22-10-11-2-1-3-14(21)6-11/h1-6,9,12,26H,7-8,10,21H2,(H,22,24)(H,23,25). The quantitative estimate of drug-likeness (QED) is 0.328. The Morgan fingerprint density at radius 3 is 2.46 bits per heavy atom. The van der Waals surface area contributed by atoms with E-state index in [9.17, 15) is 9.59 Å². The average molecular weight is 396 g/mol. The van der Waals surface area contributed by atoms with Crippen LogP contribution in [0.15, 0.2) is 42.5 Å². The zero-order chi connectivity index (χ0) is 19.1. The molecule has 0 aliphatic heterocycles. The van der Waals surface area contributed by atoms with Crippen LogP contribution in [0.5, 0.6) is 0 Å². The summed E-state index contributed by atoms with van der Waals surface area (Å²) in [5.41, 5.74) is 9.39. The van der Waals surface area contributed by atoms with Crippen LogP contribution in [0.3, 0.4) is 0 Å². The number of carbonyl (C=O) groups is 2. The van der Waals surface area contributed by atoms with Crippen molar-refractivity contribution in [3.8, 4) is 0 Å². The SMILES string of the molecule is Nc1cccc(CNC(=O)CC(CC(=O)NO)c2ccc(Cl)cc2Cl)c1. The maximum atomic E-state index is 12.3. The third-order valence-electron chi connectivity index (χ3n) is 3.83. The van der Waals surface area contributed by atoms with Gasteiger partial charge in [-0.15, -0.1) is 0 Å². The highest BCUT2D eigenvalue weighted by atomic mass is 35.5. The Kier molecular flexibility index (Phi) is 7.26. The fourth-order valence-electron chi connectivity index (χ4n) is 2.59. The van der Waals surface area contributed by atoms with Crippen LogP contribution in [0, 0.1) is 0 Å². The van der Waals surface area contributed by atoms with Gasteiger partial charge in [0.25, 0.3) is 0 Å². The third kappa shape index (κ3) is 5.91. The molecule has 0 spiro atoms. The Morgan fingerprint density at radius 1 is 1.08 bits per heavy atom. The fraction of sp³-hybridized carbons (Fsp3) is 0.222. The molecule has 1 unspecified atom stereocenters. The number of hydroxylamine groups is 1. The lowest BCUT2D eigenvalue weighted by molar-refractivity contribution is -0.129. The number of nitrogen functional groups attached to an aromatic ring is 1. The van der Waals surface area contributed by atoms with E-state index in [0.717, 1.165) is 5.56 Å². The normalized spacial score (nSPS) is 11.7. The molecule has 0 saturated carbocycles. The summed E-state index contributed by atoms with van der Waals surface area (Å²) < 4.78 is 0. The van der Waals surface area contributed by atoms with Crippen LogP contribution in [0.25, 0.3) is 0 Å². The first-order chi connectivity index (χ1) is 12.4. The summed E-state index contributed by atoms with van der Waals surface area (Å²) in [4.78, 5) is 23.9. The summed E-state index contributed by atoms with van der Waals surface area (Å²) in [6.45, 7) is 0.317. The van der Waals surface area contributed by atoms with E-state index in [4.69, 9.17) is 34.1 Å². The molecule has 2 rings (SSSR count). The van der Waals surface area contributed by atoms with Crippen molar-refractivity contribution < 1.29 is 14.8 Å². The van der Waals surface area contributed by atoms with Crippen LogP contribution in [-0.4, -0.2) is 17.0 Å². The Hall–Kier alpha value is -2.28. The summed E-state index contributed by atoms with van der Waals surface area (Å²) in [5, 5.41) is 12.4. The predicted octanol–water partition coefficient (Wildman–Crippen LogP) is 3.26. The summed E-state index contributed by atoms with van der Waals surface area (Å²) in [6.07, 6.45) is -0.0688. The van der Waals surface area contributed by atoms with Gasteiger partial charge in [0.2, 0.25) is 11.8 Å². The van der Waals surface area contributed by atoms with Gasteiger partial charge in [0.15, 0.2) is 0 Å². The van der Waals surface area contributed by atoms with Crippen molar-refractivity contribution in [2.24, 2.45) is 0 Å². The zero-order valence-electron chi connectivity index (χ0n) is 13.8. The Bertz CT molecular complexity index is 799. The van der Waals surface area contributed by atoms with Gasteiger partial charge in [0.05, 0.1) is 0 Å². The molecule has 2 aromatic rings. The molecule has 8 heteroatoms. The van der Waals surface area contributed by atoms with E-state index in [-0.39, 0.29) is 18.7 Å². The van der Waals surface area contributed by atoms with Crippen molar-refractivity contribution in [3.05, 3.63) is 63.6 Å². The molecule has 0 fully saturated rings. The van der Waals surface area contributed by atoms with Crippen molar-refractivity contribution in [1.82, 2.24) is 10.8 Å². The first-order valence-corrected chi connectivity index (χ1v) is 8.63. The molecule has 0 aliphatic rings. The molecular formula is C18H19Cl2N3O3. The number of amides is 2. The molecule has 1 atom stereocenters. The predicted molar refractivity (Wildman–Crippen MR) is 101 cm³/mol. The second kappa shape index (κ2) is 9.43. The van der Waals surface area contributed by atoms with Crippen LogP contribution in [0.2, 0.25) is 10.0 Å². The number of benzene rings is 2. The smallest absolute Gasteiger partial charge is 0.243 e. The molecule has 26 heavy (non-hydrogen) atoms. The molecule has 2 amide bonds. The van der Waals surface area contributed by atoms with Gasteiger partial charge in [0.1, 0.15) is 0 Å². The minimum Gasteiger partial charge on any atom is -0.399 e. The van der Waals surface area contributed by atoms with Crippen LogP contribution >= 0.6 is 23.2 Å². The number of hydrogen-bond donors (Lipinski definition) is 4. The fourth-order valence-corrected chi connectivity index (χ4v) is 3.16. The van der Waals surface area contributed by atoms with E-state index in [1.807, 2.05) is 6.07 Å². The second-order valence-corrected chi connectivity index (χ2v) is 6.67. The van der Waals surface area contributed by atoms with Crippen LogP contribution < -0.4 is 16.5 Å². The van der Waals surface area contributed by atoms with Gasteiger partial charge in [-0.05, 0) is 35.4 Å². The molecule has 0 aromatic heterocycles. The van der Waals surface area contributed by atoms with E-state index >= 15 is 0 Å². The van der Waals surface area contributed by atoms with Crippen molar-refractivity contribution in [3.63, 3.8) is 0 Å². The number of rotatable bonds is 7. The minimum atomic E-state index is -0.607. The number of nitrogens with one attached hydrogen (secondary N) is 2. The lowest BCUT2D eigenvalue weighted by atomic mass is 9.91. The van der Waals surface area contributed by atoms with Gasteiger partial charge < -0.3 is 11.1 Å². The first kappa shape index (κ1) is 20.0.